The summed E-state index contributed by atoms with van der Waals surface area (Å²) in [5, 5.41) is 20.3. The first kappa shape index (κ1) is 14.7. The molecular formula is C16H18ClN5O. The largest absolute Gasteiger partial charge is 0.393 e. The topological polar surface area (TPSA) is 68.8 Å². The molecule has 0 bridgehead atoms. The smallest absolute Gasteiger partial charge is 0.131 e. The molecule has 0 saturated heterocycles. The van der Waals surface area contributed by atoms with Gasteiger partial charge in [-0.15, -0.1) is 0 Å². The summed E-state index contributed by atoms with van der Waals surface area (Å²) in [6.45, 7) is 0. The summed E-state index contributed by atoms with van der Waals surface area (Å²) in [5.74, 6) is 0. The van der Waals surface area contributed by atoms with Gasteiger partial charge in [0.1, 0.15) is 10.8 Å². The standard InChI is InChI=1S/C16H18ClN5O/c1-21-9-10(7-19-21)16-13-8-18-15(17)6-14(13)22(20-16)11-2-4-12(23)5-3-11/h6-9,11-12,23H,2-5H2,1H3. The molecule has 1 saturated carbocycles. The summed E-state index contributed by atoms with van der Waals surface area (Å²) >= 11 is 6.10. The molecule has 1 aliphatic rings. The monoisotopic (exact) mass is 331 g/mol. The molecule has 3 aromatic heterocycles. The number of aliphatic hydroxyl groups excluding tert-OH is 1. The molecule has 1 fully saturated rings. The second-order valence-corrected chi connectivity index (χ2v) is 6.57. The first-order valence-electron chi connectivity index (χ1n) is 7.82. The maximum Gasteiger partial charge on any atom is 0.131 e. The molecule has 3 aromatic rings. The van der Waals surface area contributed by atoms with Crippen molar-refractivity contribution in [3.8, 4) is 11.3 Å². The molecule has 0 unspecified atom stereocenters. The average molecular weight is 332 g/mol. The summed E-state index contributed by atoms with van der Waals surface area (Å²) < 4.78 is 3.82. The summed E-state index contributed by atoms with van der Waals surface area (Å²) in [7, 11) is 1.89. The van der Waals surface area contributed by atoms with Gasteiger partial charge in [-0.2, -0.15) is 10.2 Å². The van der Waals surface area contributed by atoms with Gasteiger partial charge in [0.15, 0.2) is 0 Å². The van der Waals surface area contributed by atoms with Crippen LogP contribution < -0.4 is 0 Å². The highest BCUT2D eigenvalue weighted by Gasteiger charge is 2.25. The molecule has 4 rings (SSSR count). The first-order chi connectivity index (χ1) is 11.1. The fourth-order valence-corrected chi connectivity index (χ4v) is 3.50. The second kappa shape index (κ2) is 5.62. The van der Waals surface area contributed by atoms with Crippen molar-refractivity contribution in [2.24, 2.45) is 7.05 Å². The van der Waals surface area contributed by atoms with Crippen LogP contribution in [0.4, 0.5) is 0 Å². The van der Waals surface area contributed by atoms with Crippen molar-refractivity contribution in [3.05, 3.63) is 29.8 Å². The molecule has 7 heteroatoms. The maximum absolute atomic E-state index is 9.75. The van der Waals surface area contributed by atoms with Crippen LogP contribution in [0.15, 0.2) is 24.7 Å². The number of pyridine rings is 1. The van der Waals surface area contributed by atoms with Crippen molar-refractivity contribution in [3.63, 3.8) is 0 Å². The third-order valence-corrected chi connectivity index (χ3v) is 4.76. The minimum absolute atomic E-state index is 0.184. The predicted molar refractivity (Wildman–Crippen MR) is 88.3 cm³/mol. The van der Waals surface area contributed by atoms with Gasteiger partial charge in [0.05, 0.1) is 23.9 Å². The lowest BCUT2D eigenvalue weighted by Gasteiger charge is -2.26. The summed E-state index contributed by atoms with van der Waals surface area (Å²) in [6.07, 6.45) is 8.82. The van der Waals surface area contributed by atoms with Crippen LogP contribution in [0, 0.1) is 0 Å². The maximum atomic E-state index is 9.75. The molecule has 6 nitrogen and oxygen atoms in total. The minimum atomic E-state index is -0.184. The highest BCUT2D eigenvalue weighted by Crippen LogP contribution is 2.35. The molecule has 0 amide bonds. The number of rotatable bonds is 2. The van der Waals surface area contributed by atoms with Gasteiger partial charge >= 0.3 is 0 Å². The lowest BCUT2D eigenvalue weighted by molar-refractivity contribution is 0.109. The van der Waals surface area contributed by atoms with E-state index in [4.69, 9.17) is 16.7 Å². The van der Waals surface area contributed by atoms with Gasteiger partial charge in [-0.3, -0.25) is 9.36 Å². The van der Waals surface area contributed by atoms with E-state index in [0.717, 1.165) is 47.8 Å². The van der Waals surface area contributed by atoms with E-state index in [1.807, 2.05) is 25.5 Å². The molecule has 1 aliphatic carbocycles. The number of hydrogen-bond donors (Lipinski definition) is 1. The van der Waals surface area contributed by atoms with Crippen LogP contribution in [0.1, 0.15) is 31.7 Å². The second-order valence-electron chi connectivity index (χ2n) is 6.18. The number of halogens is 1. The number of nitrogens with zero attached hydrogens (tertiary/aromatic N) is 5. The molecule has 3 heterocycles. The number of fused-ring (bicyclic) bond motifs is 1. The van der Waals surface area contributed by atoms with Gasteiger partial charge in [0.2, 0.25) is 0 Å². The summed E-state index contributed by atoms with van der Waals surface area (Å²) in [6, 6.07) is 2.15. The van der Waals surface area contributed by atoms with Crippen molar-refractivity contribution in [2.75, 3.05) is 0 Å². The normalized spacial score (nSPS) is 21.9. The Labute approximate surface area is 138 Å². The van der Waals surface area contributed by atoms with E-state index in [2.05, 4.69) is 14.8 Å². The highest BCUT2D eigenvalue weighted by atomic mass is 35.5. The Bertz CT molecular complexity index is 847. The molecule has 0 spiro atoms. The Kier molecular flexibility index (Phi) is 3.58. The van der Waals surface area contributed by atoms with Crippen LogP contribution in [0.3, 0.4) is 0 Å². The predicted octanol–water partition coefficient (Wildman–Crippen LogP) is 2.96. The first-order valence-corrected chi connectivity index (χ1v) is 8.20. The van der Waals surface area contributed by atoms with Crippen molar-refractivity contribution in [1.29, 1.82) is 0 Å². The van der Waals surface area contributed by atoms with E-state index in [-0.39, 0.29) is 12.1 Å². The van der Waals surface area contributed by atoms with Gasteiger partial charge in [0.25, 0.3) is 0 Å². The fourth-order valence-electron chi connectivity index (χ4n) is 3.35. The van der Waals surface area contributed by atoms with E-state index in [1.54, 1.807) is 10.9 Å². The van der Waals surface area contributed by atoms with Gasteiger partial charge in [-0.05, 0) is 25.7 Å². The molecule has 0 aromatic carbocycles. The van der Waals surface area contributed by atoms with Crippen LogP contribution in [0.25, 0.3) is 22.2 Å². The van der Waals surface area contributed by atoms with E-state index in [0.29, 0.717) is 5.15 Å². The van der Waals surface area contributed by atoms with E-state index in [9.17, 15) is 5.11 Å². The third kappa shape index (κ3) is 2.62. The summed E-state index contributed by atoms with van der Waals surface area (Å²) in [4.78, 5) is 4.22. The van der Waals surface area contributed by atoms with Crippen molar-refractivity contribution in [1.82, 2.24) is 24.5 Å². The SMILES string of the molecule is Cn1cc(-c2nn(C3CCC(O)CC3)c3cc(Cl)ncc23)cn1. The van der Waals surface area contributed by atoms with Crippen LogP contribution in [-0.2, 0) is 7.05 Å². The van der Waals surface area contributed by atoms with Crippen LogP contribution in [0.2, 0.25) is 5.15 Å². The Hall–Kier alpha value is -1.92. The molecule has 1 N–H and O–H groups in total. The molecule has 0 radical (unpaired) electrons. The Morgan fingerprint density at radius 3 is 2.70 bits per heavy atom. The Morgan fingerprint density at radius 1 is 1.22 bits per heavy atom. The van der Waals surface area contributed by atoms with E-state index in [1.165, 1.54) is 0 Å². The van der Waals surface area contributed by atoms with E-state index < -0.39 is 0 Å². The molecule has 0 atom stereocenters. The summed E-state index contributed by atoms with van der Waals surface area (Å²) in [5.41, 5.74) is 2.84. The highest BCUT2D eigenvalue weighted by molar-refractivity contribution is 6.30. The Morgan fingerprint density at radius 2 is 2.00 bits per heavy atom. The molecule has 120 valence electrons. The molecular weight excluding hydrogens is 314 g/mol. The zero-order valence-corrected chi connectivity index (χ0v) is 13.6. The number of aryl methyl sites for hydroxylation is 1. The average Bonchev–Trinajstić information content (AvgIpc) is 3.11. The van der Waals surface area contributed by atoms with Gasteiger partial charge < -0.3 is 5.11 Å². The zero-order valence-electron chi connectivity index (χ0n) is 12.9. The van der Waals surface area contributed by atoms with Gasteiger partial charge in [-0.1, -0.05) is 11.6 Å². The third-order valence-electron chi connectivity index (χ3n) is 4.55. The van der Waals surface area contributed by atoms with Gasteiger partial charge in [-0.25, -0.2) is 4.98 Å². The lowest BCUT2D eigenvalue weighted by atomic mass is 9.93. The number of aromatic nitrogens is 5. The Balaban J connectivity index is 1.85. The van der Waals surface area contributed by atoms with Crippen LogP contribution in [-0.4, -0.2) is 35.8 Å². The number of aliphatic hydroxyl groups is 1. The quantitative estimate of drug-likeness (QED) is 0.733. The van der Waals surface area contributed by atoms with Crippen molar-refractivity contribution >= 4 is 22.5 Å². The van der Waals surface area contributed by atoms with Crippen LogP contribution in [0.5, 0.6) is 0 Å². The number of hydrogen-bond acceptors (Lipinski definition) is 4. The van der Waals surface area contributed by atoms with E-state index >= 15 is 0 Å². The molecule has 0 aliphatic heterocycles. The fraction of sp³-hybridized carbons (Fsp3) is 0.438. The van der Waals surface area contributed by atoms with Crippen LogP contribution >= 0.6 is 11.6 Å². The van der Waals surface area contributed by atoms with Crippen molar-refractivity contribution < 1.29 is 5.11 Å². The van der Waals surface area contributed by atoms with Crippen molar-refractivity contribution in [2.45, 2.75) is 37.8 Å². The lowest BCUT2D eigenvalue weighted by Crippen LogP contribution is -2.21. The zero-order chi connectivity index (χ0) is 16.0. The molecule has 23 heavy (non-hydrogen) atoms. The minimum Gasteiger partial charge on any atom is -0.393 e. The van der Waals surface area contributed by atoms with Gasteiger partial charge in [0, 0.05) is 36.5 Å².